The first kappa shape index (κ1) is 12.2. The Morgan fingerprint density at radius 1 is 1.16 bits per heavy atom. The van der Waals surface area contributed by atoms with Gasteiger partial charge < -0.3 is 5.32 Å². The van der Waals surface area contributed by atoms with Crippen LogP contribution in [0.25, 0.3) is 20.7 Å². The molecule has 0 aliphatic carbocycles. The number of aromatic amines is 1. The summed E-state index contributed by atoms with van der Waals surface area (Å²) in [6.45, 7) is 6.38. The van der Waals surface area contributed by atoms with Crippen molar-refractivity contribution in [3.05, 3.63) is 36.4 Å². The van der Waals surface area contributed by atoms with E-state index in [0.717, 1.165) is 11.5 Å². The number of nitrogens with zero attached hydrogens (tertiary/aromatic N) is 1. The Balaban J connectivity index is 1.94. The number of thiophene rings is 1. The van der Waals surface area contributed by atoms with Gasteiger partial charge in [-0.15, -0.1) is 11.3 Å². The summed E-state index contributed by atoms with van der Waals surface area (Å²) in [5, 5.41) is 12.1. The lowest BCUT2D eigenvalue weighted by molar-refractivity contribution is 0.630. The van der Waals surface area contributed by atoms with E-state index in [9.17, 15) is 0 Å². The van der Waals surface area contributed by atoms with E-state index in [2.05, 4.69) is 72.7 Å². The summed E-state index contributed by atoms with van der Waals surface area (Å²) in [5.74, 6) is 0.889. The van der Waals surface area contributed by atoms with Gasteiger partial charge in [0.15, 0.2) is 0 Å². The highest BCUT2D eigenvalue weighted by molar-refractivity contribution is 7.22. The number of benzene rings is 1. The molecule has 2 N–H and O–H groups in total. The van der Waals surface area contributed by atoms with E-state index < -0.39 is 0 Å². The Kier molecular flexibility index (Phi) is 2.82. The van der Waals surface area contributed by atoms with Crippen LogP contribution in [-0.2, 0) is 0 Å². The fourth-order valence-corrected chi connectivity index (χ4v) is 3.04. The van der Waals surface area contributed by atoms with Crippen LogP contribution in [0.5, 0.6) is 0 Å². The highest BCUT2D eigenvalue weighted by Crippen LogP contribution is 2.33. The van der Waals surface area contributed by atoms with Crippen molar-refractivity contribution in [2.75, 3.05) is 5.32 Å². The van der Waals surface area contributed by atoms with Crippen LogP contribution in [0.4, 0.5) is 5.82 Å². The van der Waals surface area contributed by atoms with Gasteiger partial charge in [-0.05, 0) is 38.3 Å². The summed E-state index contributed by atoms with van der Waals surface area (Å²) in [6, 6.07) is 12.7. The van der Waals surface area contributed by atoms with E-state index in [1.165, 1.54) is 15.0 Å². The van der Waals surface area contributed by atoms with E-state index >= 15 is 0 Å². The summed E-state index contributed by atoms with van der Waals surface area (Å²) in [6.07, 6.45) is 0. The quantitative estimate of drug-likeness (QED) is 0.720. The molecule has 19 heavy (non-hydrogen) atoms. The molecule has 98 valence electrons. The fraction of sp³-hybridized carbons (Fsp3) is 0.267. The Bertz CT molecular complexity index is 670. The fourth-order valence-electron chi connectivity index (χ4n) is 2.01. The number of nitrogens with one attached hydrogen (secondary N) is 2. The van der Waals surface area contributed by atoms with Crippen LogP contribution in [0.3, 0.4) is 0 Å². The molecule has 3 nitrogen and oxygen atoms in total. The summed E-state index contributed by atoms with van der Waals surface area (Å²) in [4.78, 5) is 1.22. The molecule has 0 radical (unpaired) electrons. The summed E-state index contributed by atoms with van der Waals surface area (Å²) in [7, 11) is 0. The Morgan fingerprint density at radius 3 is 2.68 bits per heavy atom. The molecule has 0 atom stereocenters. The highest BCUT2D eigenvalue weighted by atomic mass is 32.1. The third-order valence-corrected chi connectivity index (χ3v) is 3.92. The highest BCUT2D eigenvalue weighted by Gasteiger charge is 2.13. The predicted octanol–water partition coefficient (Wildman–Crippen LogP) is 4.50. The third-order valence-electron chi connectivity index (χ3n) is 2.77. The zero-order valence-electron chi connectivity index (χ0n) is 11.3. The number of rotatable bonds is 2. The van der Waals surface area contributed by atoms with E-state index in [1.807, 2.05) is 0 Å². The first-order valence-electron chi connectivity index (χ1n) is 6.34. The minimum absolute atomic E-state index is 0.0205. The van der Waals surface area contributed by atoms with E-state index in [0.29, 0.717) is 0 Å². The standard InChI is InChI=1S/C15H17N3S/c1-15(2,3)16-14-9-11(17-18-14)13-8-10-6-4-5-7-12(10)19-13/h4-9H,1-3H3,(H2,16,17,18). The molecule has 2 heterocycles. The molecule has 0 unspecified atom stereocenters. The first-order chi connectivity index (χ1) is 9.01. The minimum atomic E-state index is 0.0205. The van der Waals surface area contributed by atoms with Gasteiger partial charge in [-0.3, -0.25) is 5.10 Å². The number of aromatic nitrogens is 2. The van der Waals surface area contributed by atoms with Gasteiger partial charge in [-0.2, -0.15) is 5.10 Å². The Morgan fingerprint density at radius 2 is 1.95 bits per heavy atom. The molecule has 0 aliphatic heterocycles. The van der Waals surface area contributed by atoms with E-state index in [4.69, 9.17) is 0 Å². The SMILES string of the molecule is CC(C)(C)Nc1cc(-c2cc3ccccc3s2)[nH]n1. The molecule has 0 saturated carbocycles. The largest absolute Gasteiger partial charge is 0.364 e. The number of fused-ring (bicyclic) bond motifs is 1. The molecule has 0 spiro atoms. The van der Waals surface area contributed by atoms with Gasteiger partial charge in [-0.1, -0.05) is 18.2 Å². The first-order valence-corrected chi connectivity index (χ1v) is 7.15. The second kappa shape index (κ2) is 4.38. The van der Waals surface area contributed by atoms with Crippen LogP contribution in [-0.4, -0.2) is 15.7 Å². The van der Waals surface area contributed by atoms with Crippen molar-refractivity contribution >= 4 is 27.2 Å². The number of hydrogen-bond donors (Lipinski definition) is 2. The van der Waals surface area contributed by atoms with Gasteiger partial charge >= 0.3 is 0 Å². The summed E-state index contributed by atoms with van der Waals surface area (Å²) < 4.78 is 1.30. The van der Waals surface area contributed by atoms with Crippen molar-refractivity contribution in [1.82, 2.24) is 10.2 Å². The van der Waals surface area contributed by atoms with Gasteiger partial charge in [0.2, 0.25) is 0 Å². The van der Waals surface area contributed by atoms with Crippen LogP contribution in [0, 0.1) is 0 Å². The molecule has 0 saturated heterocycles. The molecular formula is C15H17N3S. The van der Waals surface area contributed by atoms with E-state index in [1.54, 1.807) is 11.3 Å². The molecule has 0 amide bonds. The maximum absolute atomic E-state index is 4.32. The average molecular weight is 271 g/mol. The van der Waals surface area contributed by atoms with Crippen molar-refractivity contribution in [2.24, 2.45) is 0 Å². The van der Waals surface area contributed by atoms with Crippen molar-refractivity contribution in [3.8, 4) is 10.6 Å². The van der Waals surface area contributed by atoms with Gasteiger partial charge in [0, 0.05) is 16.3 Å². The Hall–Kier alpha value is -1.81. The third kappa shape index (κ3) is 2.63. The lowest BCUT2D eigenvalue weighted by atomic mass is 10.1. The van der Waals surface area contributed by atoms with Crippen molar-refractivity contribution in [1.29, 1.82) is 0 Å². The molecule has 0 aliphatic rings. The normalized spacial score (nSPS) is 11.9. The summed E-state index contributed by atoms with van der Waals surface area (Å²) in [5.41, 5.74) is 1.08. The van der Waals surface area contributed by atoms with Gasteiger partial charge in [0.05, 0.1) is 10.6 Å². The second-order valence-corrected chi connectivity index (χ2v) is 6.77. The van der Waals surface area contributed by atoms with Crippen LogP contribution < -0.4 is 5.32 Å². The zero-order valence-corrected chi connectivity index (χ0v) is 12.1. The van der Waals surface area contributed by atoms with Crippen molar-refractivity contribution in [3.63, 3.8) is 0 Å². The van der Waals surface area contributed by atoms with Gasteiger partial charge in [-0.25, -0.2) is 0 Å². The predicted molar refractivity (Wildman–Crippen MR) is 82.8 cm³/mol. The van der Waals surface area contributed by atoms with Gasteiger partial charge in [0.25, 0.3) is 0 Å². The molecule has 3 aromatic rings. The zero-order chi connectivity index (χ0) is 13.5. The van der Waals surface area contributed by atoms with Gasteiger partial charge in [0.1, 0.15) is 5.82 Å². The number of H-pyrrole nitrogens is 1. The molecule has 3 rings (SSSR count). The molecule has 2 aromatic heterocycles. The van der Waals surface area contributed by atoms with Crippen molar-refractivity contribution < 1.29 is 0 Å². The van der Waals surface area contributed by atoms with Crippen molar-refractivity contribution in [2.45, 2.75) is 26.3 Å². The smallest absolute Gasteiger partial charge is 0.148 e. The van der Waals surface area contributed by atoms with Crippen LogP contribution in [0.2, 0.25) is 0 Å². The lowest BCUT2D eigenvalue weighted by Gasteiger charge is -2.19. The maximum atomic E-state index is 4.32. The minimum Gasteiger partial charge on any atom is -0.364 e. The molecule has 0 fully saturated rings. The summed E-state index contributed by atoms with van der Waals surface area (Å²) >= 11 is 1.78. The average Bonchev–Trinajstić information content (AvgIpc) is 2.91. The van der Waals surface area contributed by atoms with Crippen LogP contribution >= 0.6 is 11.3 Å². The second-order valence-electron chi connectivity index (χ2n) is 5.69. The number of anilines is 1. The number of hydrogen-bond acceptors (Lipinski definition) is 3. The maximum Gasteiger partial charge on any atom is 0.148 e. The molecule has 0 bridgehead atoms. The van der Waals surface area contributed by atoms with Crippen LogP contribution in [0.15, 0.2) is 36.4 Å². The lowest BCUT2D eigenvalue weighted by Crippen LogP contribution is -2.26. The van der Waals surface area contributed by atoms with Crippen LogP contribution in [0.1, 0.15) is 20.8 Å². The molecule has 4 heteroatoms. The Labute approximate surface area is 116 Å². The molecular weight excluding hydrogens is 254 g/mol. The monoisotopic (exact) mass is 271 g/mol. The topological polar surface area (TPSA) is 40.7 Å². The van der Waals surface area contributed by atoms with E-state index in [-0.39, 0.29) is 5.54 Å². The molecule has 1 aromatic carbocycles.